The van der Waals surface area contributed by atoms with Crippen LogP contribution in [0, 0.1) is 53.3 Å². The average molecular weight is 174 g/mol. The molecule has 0 amide bonds. The van der Waals surface area contributed by atoms with E-state index in [2.05, 4.69) is 6.92 Å². The maximum atomic E-state index is 2.50. The molecular weight excluding hydrogens is 156 g/mol. The van der Waals surface area contributed by atoms with Crippen molar-refractivity contribution in [2.75, 3.05) is 0 Å². The van der Waals surface area contributed by atoms with Crippen molar-refractivity contribution >= 4 is 0 Å². The third-order valence-corrected chi connectivity index (χ3v) is 6.88. The Bertz CT molecular complexity index is 288. The van der Waals surface area contributed by atoms with E-state index in [1.54, 1.807) is 19.3 Å². The molecule has 0 aliphatic heterocycles. The first-order valence-electron chi connectivity index (χ1n) is 6.38. The van der Waals surface area contributed by atoms with Gasteiger partial charge in [0, 0.05) is 0 Å². The van der Waals surface area contributed by atoms with Gasteiger partial charge >= 0.3 is 0 Å². The molecular formula is C13H18. The predicted octanol–water partition coefficient (Wildman–Crippen LogP) is 2.79. The highest BCUT2D eigenvalue weighted by Gasteiger charge is 2.79. The lowest BCUT2D eigenvalue weighted by atomic mass is 9.20. The Morgan fingerprint density at radius 1 is 0.692 bits per heavy atom. The van der Waals surface area contributed by atoms with E-state index in [1.807, 2.05) is 0 Å². The SMILES string of the molecule is CC1CC2C1C1C2C2C1C1CC[C@@H]12. The van der Waals surface area contributed by atoms with Gasteiger partial charge in [0.25, 0.3) is 0 Å². The van der Waals surface area contributed by atoms with Crippen LogP contribution in [0.1, 0.15) is 26.2 Å². The van der Waals surface area contributed by atoms with E-state index in [9.17, 15) is 0 Å². The number of hydrogen-bond acceptors (Lipinski definition) is 0. The van der Waals surface area contributed by atoms with Crippen molar-refractivity contribution in [2.45, 2.75) is 26.2 Å². The topological polar surface area (TPSA) is 0 Å². The Labute approximate surface area is 80.1 Å². The molecule has 5 saturated carbocycles. The fourth-order valence-corrected chi connectivity index (χ4v) is 6.37. The summed E-state index contributed by atoms with van der Waals surface area (Å²) in [6, 6.07) is 0. The summed E-state index contributed by atoms with van der Waals surface area (Å²) in [5.41, 5.74) is 0. The smallest absolute Gasteiger partial charge is 0.0312 e. The summed E-state index contributed by atoms with van der Waals surface area (Å²) in [4.78, 5) is 0. The van der Waals surface area contributed by atoms with Gasteiger partial charge in [0.15, 0.2) is 0 Å². The van der Waals surface area contributed by atoms with Gasteiger partial charge in [0.2, 0.25) is 0 Å². The molecule has 0 heterocycles. The summed E-state index contributed by atoms with van der Waals surface area (Å²) in [7, 11) is 0. The Balaban J connectivity index is 1.49. The molecule has 0 N–H and O–H groups in total. The maximum Gasteiger partial charge on any atom is -0.0312 e. The van der Waals surface area contributed by atoms with Gasteiger partial charge in [-0.05, 0) is 72.5 Å². The molecule has 0 radical (unpaired) electrons. The highest BCUT2D eigenvalue weighted by molar-refractivity contribution is 5.26. The standard InChI is InChI=1S/C13H18/c1-5-4-8-9(5)13-11-7-3-2-6(7)10(11)12(8)13/h5-13H,2-4H2,1H3/t5?,6-,7?,8?,9?,10?,11?,12?,13?/m0/s1. The maximum absolute atomic E-state index is 2.50. The summed E-state index contributed by atoms with van der Waals surface area (Å²) in [6.45, 7) is 2.50. The summed E-state index contributed by atoms with van der Waals surface area (Å²) >= 11 is 0. The molecule has 0 aromatic rings. The van der Waals surface area contributed by atoms with Crippen molar-refractivity contribution in [3.8, 4) is 0 Å². The molecule has 5 aliphatic carbocycles. The Kier molecular flexibility index (Phi) is 0.804. The van der Waals surface area contributed by atoms with Crippen LogP contribution in [0.2, 0.25) is 0 Å². The molecule has 8 unspecified atom stereocenters. The molecule has 0 heteroatoms. The minimum atomic E-state index is 1.12. The quantitative estimate of drug-likeness (QED) is 0.495. The Morgan fingerprint density at radius 2 is 1.31 bits per heavy atom. The molecule has 0 nitrogen and oxygen atoms in total. The van der Waals surface area contributed by atoms with E-state index < -0.39 is 0 Å². The lowest BCUT2D eigenvalue weighted by molar-refractivity contribution is -0.373. The predicted molar refractivity (Wildman–Crippen MR) is 50.9 cm³/mol. The van der Waals surface area contributed by atoms with Crippen molar-refractivity contribution in [2.24, 2.45) is 53.3 Å². The van der Waals surface area contributed by atoms with E-state index in [4.69, 9.17) is 0 Å². The van der Waals surface area contributed by atoms with E-state index in [0.717, 1.165) is 5.92 Å². The van der Waals surface area contributed by atoms with Crippen LogP contribution in [0.3, 0.4) is 0 Å². The van der Waals surface area contributed by atoms with Crippen LogP contribution in [-0.2, 0) is 0 Å². The van der Waals surface area contributed by atoms with Crippen LogP contribution in [0.5, 0.6) is 0 Å². The highest BCUT2D eigenvalue weighted by Crippen LogP contribution is 2.83. The molecule has 13 heavy (non-hydrogen) atoms. The van der Waals surface area contributed by atoms with E-state index >= 15 is 0 Å². The van der Waals surface area contributed by atoms with Crippen molar-refractivity contribution in [1.29, 1.82) is 0 Å². The molecule has 9 atom stereocenters. The van der Waals surface area contributed by atoms with Crippen LogP contribution in [-0.4, -0.2) is 0 Å². The Hall–Kier alpha value is 0. The van der Waals surface area contributed by atoms with Gasteiger partial charge in [-0.25, -0.2) is 0 Å². The fourth-order valence-electron chi connectivity index (χ4n) is 6.37. The normalized spacial score (nSPS) is 80.5. The molecule has 5 rings (SSSR count). The van der Waals surface area contributed by atoms with Crippen molar-refractivity contribution in [3.05, 3.63) is 0 Å². The molecule has 0 bridgehead atoms. The van der Waals surface area contributed by atoms with Crippen LogP contribution in [0.4, 0.5) is 0 Å². The monoisotopic (exact) mass is 174 g/mol. The minimum absolute atomic E-state index is 1.12. The van der Waals surface area contributed by atoms with Crippen molar-refractivity contribution in [3.63, 3.8) is 0 Å². The van der Waals surface area contributed by atoms with Gasteiger partial charge in [-0.1, -0.05) is 6.92 Å². The fraction of sp³-hybridized carbons (Fsp3) is 1.00. The highest BCUT2D eigenvalue weighted by atomic mass is 14.8. The third-order valence-electron chi connectivity index (χ3n) is 6.88. The largest absolute Gasteiger partial charge is 0.0622 e. The molecule has 0 aromatic heterocycles. The average Bonchev–Trinajstić information content (AvgIpc) is 2.05. The zero-order valence-electron chi connectivity index (χ0n) is 8.32. The number of rotatable bonds is 0. The van der Waals surface area contributed by atoms with Gasteiger partial charge in [-0.3, -0.25) is 0 Å². The lowest BCUT2D eigenvalue weighted by Gasteiger charge is -2.85. The minimum Gasteiger partial charge on any atom is -0.0622 e. The van der Waals surface area contributed by atoms with Gasteiger partial charge in [-0.15, -0.1) is 0 Å². The number of fused-ring (bicyclic) bond motifs is 10. The first-order chi connectivity index (χ1) is 6.38. The van der Waals surface area contributed by atoms with Gasteiger partial charge in [0.05, 0.1) is 0 Å². The molecule has 0 aromatic carbocycles. The van der Waals surface area contributed by atoms with Gasteiger partial charge in [0.1, 0.15) is 0 Å². The van der Waals surface area contributed by atoms with Crippen LogP contribution in [0.15, 0.2) is 0 Å². The van der Waals surface area contributed by atoms with Crippen LogP contribution >= 0.6 is 0 Å². The summed E-state index contributed by atoms with van der Waals surface area (Å²) in [5.74, 6) is 11.2. The van der Waals surface area contributed by atoms with Gasteiger partial charge < -0.3 is 0 Å². The van der Waals surface area contributed by atoms with Crippen molar-refractivity contribution < 1.29 is 0 Å². The summed E-state index contributed by atoms with van der Waals surface area (Å²) < 4.78 is 0. The van der Waals surface area contributed by atoms with E-state index in [-0.39, 0.29) is 0 Å². The van der Waals surface area contributed by atoms with E-state index in [0.29, 0.717) is 0 Å². The summed E-state index contributed by atoms with van der Waals surface area (Å²) in [6.07, 6.45) is 4.83. The molecule has 0 spiro atoms. The second kappa shape index (κ2) is 1.61. The molecule has 5 fully saturated rings. The molecule has 5 aliphatic rings. The van der Waals surface area contributed by atoms with Gasteiger partial charge in [-0.2, -0.15) is 0 Å². The van der Waals surface area contributed by atoms with Crippen LogP contribution in [0.25, 0.3) is 0 Å². The van der Waals surface area contributed by atoms with Crippen LogP contribution < -0.4 is 0 Å². The zero-order valence-corrected chi connectivity index (χ0v) is 8.32. The number of hydrogen-bond donors (Lipinski definition) is 0. The zero-order chi connectivity index (χ0) is 8.32. The first kappa shape index (κ1) is 6.48. The third kappa shape index (κ3) is 0.427. The lowest BCUT2D eigenvalue weighted by Crippen LogP contribution is -2.80. The summed E-state index contributed by atoms with van der Waals surface area (Å²) in [5, 5.41) is 0. The molecule has 0 saturated heterocycles. The molecule has 70 valence electrons. The second-order valence-electron chi connectivity index (χ2n) is 6.67. The first-order valence-corrected chi connectivity index (χ1v) is 6.38. The van der Waals surface area contributed by atoms with Crippen molar-refractivity contribution in [1.82, 2.24) is 0 Å². The Morgan fingerprint density at radius 3 is 1.92 bits per heavy atom. The van der Waals surface area contributed by atoms with E-state index in [1.165, 1.54) is 47.3 Å². The second-order valence-corrected chi connectivity index (χ2v) is 6.67.